The van der Waals surface area contributed by atoms with Crippen LogP contribution in [-0.4, -0.2) is 38.4 Å². The quantitative estimate of drug-likeness (QED) is 0.886. The van der Waals surface area contributed by atoms with E-state index >= 15 is 0 Å². The number of hydrogen-bond donors (Lipinski definition) is 1. The predicted octanol–water partition coefficient (Wildman–Crippen LogP) is 3.01. The van der Waals surface area contributed by atoms with Crippen molar-refractivity contribution in [2.75, 3.05) is 28.3 Å². The number of carbonyl (C=O) groups is 1. The number of amides is 1. The predicted molar refractivity (Wildman–Crippen MR) is 98.8 cm³/mol. The maximum Gasteiger partial charge on any atom is 0.265 e. The minimum absolute atomic E-state index is 0.0339. The fraction of sp³-hybridized carbons (Fsp3) is 0.353. The Hall–Kier alpha value is -1.86. The van der Waals surface area contributed by atoms with Crippen molar-refractivity contribution in [2.45, 2.75) is 19.4 Å². The highest BCUT2D eigenvalue weighted by molar-refractivity contribution is 7.91. The summed E-state index contributed by atoms with van der Waals surface area (Å²) in [7, 11) is -2.91. The van der Waals surface area contributed by atoms with E-state index in [1.807, 2.05) is 42.6 Å². The molecule has 0 radical (unpaired) electrons. The molecular formula is C17H20N2O3S2. The molecule has 1 N–H and O–H groups in total. The third kappa shape index (κ3) is 3.79. The third-order valence-electron chi connectivity index (χ3n) is 4.19. The van der Waals surface area contributed by atoms with Crippen LogP contribution in [-0.2, 0) is 9.84 Å². The summed E-state index contributed by atoms with van der Waals surface area (Å²) < 4.78 is 23.4. The maximum absolute atomic E-state index is 12.1. The Bertz CT molecular complexity index is 799. The van der Waals surface area contributed by atoms with E-state index in [2.05, 4.69) is 10.2 Å². The second-order valence-electron chi connectivity index (χ2n) is 5.82. The molecule has 0 saturated carbocycles. The Morgan fingerprint density at radius 2 is 2.04 bits per heavy atom. The molecule has 2 aromatic rings. The zero-order valence-corrected chi connectivity index (χ0v) is 15.1. The van der Waals surface area contributed by atoms with Gasteiger partial charge in [0, 0.05) is 24.0 Å². The van der Waals surface area contributed by atoms with Gasteiger partial charge < -0.3 is 10.2 Å². The van der Waals surface area contributed by atoms with Crippen LogP contribution in [0.1, 0.15) is 23.0 Å². The van der Waals surface area contributed by atoms with Gasteiger partial charge in [0.05, 0.1) is 16.4 Å². The number of nitrogens with one attached hydrogen (secondary N) is 1. The topological polar surface area (TPSA) is 66.5 Å². The van der Waals surface area contributed by atoms with Gasteiger partial charge in [-0.1, -0.05) is 6.07 Å². The summed E-state index contributed by atoms with van der Waals surface area (Å²) in [6, 6.07) is 11.2. The van der Waals surface area contributed by atoms with Gasteiger partial charge in [0.2, 0.25) is 0 Å². The van der Waals surface area contributed by atoms with Crippen molar-refractivity contribution in [1.82, 2.24) is 0 Å². The highest BCUT2D eigenvalue weighted by atomic mass is 32.2. The van der Waals surface area contributed by atoms with Gasteiger partial charge in [-0.3, -0.25) is 4.79 Å². The van der Waals surface area contributed by atoms with Crippen molar-refractivity contribution < 1.29 is 13.2 Å². The molecule has 0 aliphatic carbocycles. The number of thiophene rings is 1. The van der Waals surface area contributed by atoms with Gasteiger partial charge in [0.15, 0.2) is 9.84 Å². The van der Waals surface area contributed by atoms with Crippen LogP contribution in [0.4, 0.5) is 11.4 Å². The van der Waals surface area contributed by atoms with Crippen LogP contribution < -0.4 is 10.2 Å². The molecule has 24 heavy (non-hydrogen) atoms. The van der Waals surface area contributed by atoms with Gasteiger partial charge in [-0.05, 0) is 49.1 Å². The first-order chi connectivity index (χ1) is 11.5. The molecular weight excluding hydrogens is 344 g/mol. The molecule has 0 bridgehead atoms. The lowest BCUT2D eigenvalue weighted by Crippen LogP contribution is -2.36. The largest absolute Gasteiger partial charge is 0.368 e. The van der Waals surface area contributed by atoms with Crippen LogP contribution in [0.2, 0.25) is 0 Å². The van der Waals surface area contributed by atoms with E-state index in [1.165, 1.54) is 11.3 Å². The number of rotatable bonds is 5. The average Bonchev–Trinajstić information content (AvgIpc) is 3.19. The lowest BCUT2D eigenvalue weighted by Gasteiger charge is -2.29. The Labute approximate surface area is 146 Å². The van der Waals surface area contributed by atoms with Gasteiger partial charge >= 0.3 is 0 Å². The molecule has 1 unspecified atom stereocenters. The van der Waals surface area contributed by atoms with E-state index in [9.17, 15) is 13.2 Å². The monoisotopic (exact) mass is 364 g/mol. The van der Waals surface area contributed by atoms with Gasteiger partial charge in [0.25, 0.3) is 5.91 Å². The zero-order valence-electron chi connectivity index (χ0n) is 13.4. The van der Waals surface area contributed by atoms with E-state index in [4.69, 9.17) is 0 Å². The molecule has 1 aromatic heterocycles. The Balaban J connectivity index is 1.70. The summed E-state index contributed by atoms with van der Waals surface area (Å²) in [5, 5.41) is 4.74. The van der Waals surface area contributed by atoms with Gasteiger partial charge in [-0.15, -0.1) is 11.3 Å². The minimum Gasteiger partial charge on any atom is -0.368 e. The number of benzene rings is 1. The van der Waals surface area contributed by atoms with Crippen molar-refractivity contribution >= 4 is 38.5 Å². The van der Waals surface area contributed by atoms with Crippen LogP contribution >= 0.6 is 11.3 Å². The van der Waals surface area contributed by atoms with Crippen molar-refractivity contribution in [3.63, 3.8) is 0 Å². The van der Waals surface area contributed by atoms with Gasteiger partial charge in [-0.25, -0.2) is 8.42 Å². The zero-order chi connectivity index (χ0) is 17.2. The first kappa shape index (κ1) is 17.0. The molecule has 3 rings (SSSR count). The molecule has 5 nitrogen and oxygen atoms in total. The summed E-state index contributed by atoms with van der Waals surface area (Å²) in [6.45, 7) is 2.78. The third-order valence-corrected chi connectivity index (χ3v) is 6.81. The molecule has 1 fully saturated rings. The summed E-state index contributed by atoms with van der Waals surface area (Å²) >= 11 is 1.40. The van der Waals surface area contributed by atoms with Crippen LogP contribution in [0, 0.1) is 0 Å². The molecule has 1 atom stereocenters. The molecule has 2 heterocycles. The molecule has 1 amide bonds. The molecule has 1 aromatic carbocycles. The van der Waals surface area contributed by atoms with E-state index < -0.39 is 9.84 Å². The SMILES string of the molecule is CCN(c1ccc(NC(=O)c2cccs2)cc1)C1CCS(=O)(=O)C1. The summed E-state index contributed by atoms with van der Waals surface area (Å²) in [5.41, 5.74) is 1.71. The van der Waals surface area contributed by atoms with Crippen LogP contribution in [0.15, 0.2) is 41.8 Å². The number of carbonyl (C=O) groups excluding carboxylic acids is 1. The van der Waals surface area contributed by atoms with Gasteiger partial charge in [-0.2, -0.15) is 0 Å². The average molecular weight is 364 g/mol. The first-order valence-corrected chi connectivity index (χ1v) is 10.6. The highest BCUT2D eigenvalue weighted by Crippen LogP contribution is 2.25. The smallest absolute Gasteiger partial charge is 0.265 e. The van der Waals surface area contributed by atoms with E-state index in [1.54, 1.807) is 6.07 Å². The van der Waals surface area contributed by atoms with Crippen molar-refractivity contribution in [1.29, 1.82) is 0 Å². The van der Waals surface area contributed by atoms with Gasteiger partial charge in [0.1, 0.15) is 0 Å². The molecule has 7 heteroatoms. The van der Waals surface area contributed by atoms with E-state index in [-0.39, 0.29) is 23.5 Å². The lowest BCUT2D eigenvalue weighted by atomic mass is 10.1. The normalized spacial score (nSPS) is 19.1. The Morgan fingerprint density at radius 3 is 2.58 bits per heavy atom. The number of anilines is 2. The van der Waals surface area contributed by atoms with Crippen LogP contribution in [0.25, 0.3) is 0 Å². The molecule has 128 valence electrons. The van der Waals surface area contributed by atoms with E-state index in [0.29, 0.717) is 11.3 Å². The second-order valence-corrected chi connectivity index (χ2v) is 9.00. The standard InChI is InChI=1S/C17H20N2O3S2/c1-2-19(15-9-11-24(21,22)12-15)14-7-5-13(6-8-14)18-17(20)16-4-3-10-23-16/h3-8,10,15H,2,9,11-12H2,1H3,(H,18,20). The molecule has 0 spiro atoms. The second kappa shape index (κ2) is 6.94. The first-order valence-electron chi connectivity index (χ1n) is 7.90. The fourth-order valence-corrected chi connectivity index (χ4v) is 5.36. The summed E-state index contributed by atoms with van der Waals surface area (Å²) in [5.74, 6) is 0.368. The lowest BCUT2D eigenvalue weighted by molar-refractivity contribution is 0.103. The van der Waals surface area contributed by atoms with E-state index in [0.717, 1.165) is 17.9 Å². The van der Waals surface area contributed by atoms with Crippen molar-refractivity contribution in [3.05, 3.63) is 46.7 Å². The number of nitrogens with zero attached hydrogens (tertiary/aromatic N) is 1. The molecule has 1 aliphatic rings. The molecule has 1 saturated heterocycles. The molecule has 1 aliphatic heterocycles. The Morgan fingerprint density at radius 1 is 1.29 bits per heavy atom. The van der Waals surface area contributed by atoms with Crippen molar-refractivity contribution in [3.8, 4) is 0 Å². The van der Waals surface area contributed by atoms with Crippen LogP contribution in [0.3, 0.4) is 0 Å². The fourth-order valence-electron chi connectivity index (χ4n) is 3.01. The number of hydrogen-bond acceptors (Lipinski definition) is 5. The summed E-state index contributed by atoms with van der Waals surface area (Å²) in [6.07, 6.45) is 0.674. The summed E-state index contributed by atoms with van der Waals surface area (Å²) in [4.78, 5) is 14.8. The highest BCUT2D eigenvalue weighted by Gasteiger charge is 2.31. The van der Waals surface area contributed by atoms with Crippen LogP contribution in [0.5, 0.6) is 0 Å². The maximum atomic E-state index is 12.1. The van der Waals surface area contributed by atoms with Crippen molar-refractivity contribution in [2.24, 2.45) is 0 Å². The minimum atomic E-state index is -2.91. The number of sulfone groups is 1. The Kier molecular flexibility index (Phi) is 4.91.